The number of likely N-dealkylation sites (N-methyl/N-ethyl adjacent to an activating group) is 2. The van der Waals surface area contributed by atoms with Crippen LogP contribution in [0.5, 0.6) is 0 Å². The number of benzene rings is 1. The van der Waals surface area contributed by atoms with Crippen molar-refractivity contribution in [1.29, 1.82) is 0 Å². The molecule has 15 heavy (non-hydrogen) atoms. The lowest BCUT2D eigenvalue weighted by Crippen LogP contribution is -2.24. The minimum Gasteiger partial charge on any atom is -0.316 e. The third-order valence-electron chi connectivity index (χ3n) is 2.22. The van der Waals surface area contributed by atoms with E-state index in [0.717, 1.165) is 19.6 Å². The summed E-state index contributed by atoms with van der Waals surface area (Å²) < 4.78 is 0. The Balaban J connectivity index is 2.36. The van der Waals surface area contributed by atoms with Gasteiger partial charge in [0.05, 0.1) is 0 Å². The predicted molar refractivity (Wildman–Crippen MR) is 65.8 cm³/mol. The molecule has 0 heterocycles. The number of hydrogen-bond donors (Lipinski definition) is 1. The lowest BCUT2D eigenvalue weighted by Gasteiger charge is -2.18. The van der Waals surface area contributed by atoms with Gasteiger partial charge in [0.25, 0.3) is 0 Å². The van der Waals surface area contributed by atoms with E-state index in [1.165, 1.54) is 11.1 Å². The average Bonchev–Trinajstić information content (AvgIpc) is 2.19. The minimum atomic E-state index is 0.888. The number of hydrogen-bond acceptors (Lipinski definition) is 2. The molecule has 0 spiro atoms. The highest BCUT2D eigenvalue weighted by Crippen LogP contribution is 2.03. The van der Waals surface area contributed by atoms with Gasteiger partial charge in [0.15, 0.2) is 0 Å². The van der Waals surface area contributed by atoms with E-state index in [1.54, 1.807) is 0 Å². The summed E-state index contributed by atoms with van der Waals surface area (Å²) >= 11 is 0. The normalized spacial score (nSPS) is 10.6. The molecule has 1 aromatic rings. The van der Waals surface area contributed by atoms with Crippen LogP contribution in [0.1, 0.15) is 5.56 Å². The van der Waals surface area contributed by atoms with Crippen LogP contribution in [0.3, 0.4) is 0 Å². The van der Waals surface area contributed by atoms with E-state index in [1.807, 2.05) is 13.1 Å². The Bertz CT molecular complexity index is 293. The highest BCUT2D eigenvalue weighted by atomic mass is 15.1. The zero-order valence-corrected chi connectivity index (χ0v) is 9.66. The van der Waals surface area contributed by atoms with E-state index in [4.69, 9.17) is 0 Å². The Kier molecular flexibility index (Phi) is 5.08. The van der Waals surface area contributed by atoms with E-state index in [9.17, 15) is 0 Å². The minimum absolute atomic E-state index is 0.888. The Morgan fingerprint density at radius 1 is 1.33 bits per heavy atom. The number of nitrogens with one attached hydrogen (secondary N) is 1. The van der Waals surface area contributed by atoms with Crippen molar-refractivity contribution in [2.24, 2.45) is 0 Å². The molecular weight excluding hydrogens is 184 g/mol. The highest BCUT2D eigenvalue weighted by Gasteiger charge is 2.01. The predicted octanol–water partition coefficient (Wildman–Crippen LogP) is 1.89. The third kappa shape index (κ3) is 4.77. The van der Waals surface area contributed by atoms with Crippen LogP contribution in [0, 0.1) is 0 Å². The van der Waals surface area contributed by atoms with Crippen LogP contribution in [0.15, 0.2) is 42.5 Å². The van der Waals surface area contributed by atoms with Gasteiger partial charge in [0.2, 0.25) is 0 Å². The van der Waals surface area contributed by atoms with E-state index in [2.05, 4.69) is 48.1 Å². The number of rotatable bonds is 6. The van der Waals surface area contributed by atoms with Gasteiger partial charge in [0, 0.05) is 19.6 Å². The van der Waals surface area contributed by atoms with Gasteiger partial charge in [0.1, 0.15) is 0 Å². The topological polar surface area (TPSA) is 15.3 Å². The maximum atomic E-state index is 4.02. The highest BCUT2D eigenvalue weighted by molar-refractivity contribution is 5.14. The molecule has 1 N–H and O–H groups in total. The molecule has 0 aliphatic heterocycles. The Hall–Kier alpha value is -1.12. The molecule has 0 bridgehead atoms. The Morgan fingerprint density at radius 3 is 2.60 bits per heavy atom. The SMILES string of the molecule is C=C(CNC)CN(C)Cc1ccccc1. The summed E-state index contributed by atoms with van der Waals surface area (Å²) in [6.07, 6.45) is 0. The molecule has 0 aliphatic rings. The second kappa shape index (κ2) is 6.38. The van der Waals surface area contributed by atoms with Gasteiger partial charge in [-0.05, 0) is 25.2 Å². The fourth-order valence-electron chi connectivity index (χ4n) is 1.64. The molecule has 0 atom stereocenters. The van der Waals surface area contributed by atoms with Crippen molar-refractivity contribution in [3.05, 3.63) is 48.0 Å². The van der Waals surface area contributed by atoms with Gasteiger partial charge in [-0.1, -0.05) is 36.9 Å². The monoisotopic (exact) mass is 204 g/mol. The maximum absolute atomic E-state index is 4.02. The lowest BCUT2D eigenvalue weighted by molar-refractivity contribution is 0.353. The first kappa shape index (κ1) is 12.0. The van der Waals surface area contributed by atoms with Crippen molar-refractivity contribution in [3.8, 4) is 0 Å². The van der Waals surface area contributed by atoms with E-state index in [0.29, 0.717) is 0 Å². The summed E-state index contributed by atoms with van der Waals surface area (Å²) in [7, 11) is 4.07. The van der Waals surface area contributed by atoms with Gasteiger partial charge in [-0.15, -0.1) is 0 Å². The molecule has 0 saturated carbocycles. The van der Waals surface area contributed by atoms with Gasteiger partial charge < -0.3 is 5.32 Å². The van der Waals surface area contributed by atoms with E-state index >= 15 is 0 Å². The summed E-state index contributed by atoms with van der Waals surface area (Å²) in [4.78, 5) is 2.27. The second-order valence-electron chi connectivity index (χ2n) is 3.94. The molecule has 0 fully saturated rings. The van der Waals surface area contributed by atoms with Crippen LogP contribution in [0.4, 0.5) is 0 Å². The summed E-state index contributed by atoms with van der Waals surface area (Å²) in [5.74, 6) is 0. The summed E-state index contributed by atoms with van der Waals surface area (Å²) in [5, 5.41) is 3.11. The molecule has 82 valence electrons. The van der Waals surface area contributed by atoms with Crippen molar-refractivity contribution in [2.45, 2.75) is 6.54 Å². The largest absolute Gasteiger partial charge is 0.316 e. The first-order valence-corrected chi connectivity index (χ1v) is 5.26. The fraction of sp³-hybridized carbons (Fsp3) is 0.385. The molecule has 2 heteroatoms. The number of nitrogens with zero attached hydrogens (tertiary/aromatic N) is 1. The molecule has 0 unspecified atom stereocenters. The molecule has 1 rings (SSSR count). The smallest absolute Gasteiger partial charge is 0.0234 e. The van der Waals surface area contributed by atoms with Crippen molar-refractivity contribution in [2.75, 3.05) is 27.2 Å². The van der Waals surface area contributed by atoms with Crippen molar-refractivity contribution in [3.63, 3.8) is 0 Å². The Labute approximate surface area is 92.6 Å². The first-order chi connectivity index (χ1) is 7.22. The van der Waals surface area contributed by atoms with E-state index in [-0.39, 0.29) is 0 Å². The van der Waals surface area contributed by atoms with Gasteiger partial charge in [-0.2, -0.15) is 0 Å². The maximum Gasteiger partial charge on any atom is 0.0234 e. The van der Waals surface area contributed by atoms with Crippen LogP contribution in [0.25, 0.3) is 0 Å². The van der Waals surface area contributed by atoms with Crippen LogP contribution in [0.2, 0.25) is 0 Å². The molecule has 2 nitrogen and oxygen atoms in total. The average molecular weight is 204 g/mol. The van der Waals surface area contributed by atoms with Gasteiger partial charge in [-0.25, -0.2) is 0 Å². The zero-order valence-electron chi connectivity index (χ0n) is 9.66. The standard InChI is InChI=1S/C13H20N2/c1-12(9-14-2)10-15(3)11-13-7-5-4-6-8-13/h4-8,14H,1,9-11H2,2-3H3. The summed E-state index contributed by atoms with van der Waals surface area (Å²) in [6.45, 7) is 6.83. The molecule has 1 aromatic carbocycles. The second-order valence-corrected chi connectivity index (χ2v) is 3.94. The molecule has 0 radical (unpaired) electrons. The van der Waals surface area contributed by atoms with Crippen LogP contribution >= 0.6 is 0 Å². The summed E-state index contributed by atoms with van der Waals surface area (Å²) in [5.41, 5.74) is 2.56. The molecule has 0 aliphatic carbocycles. The molecule has 0 aromatic heterocycles. The van der Waals surface area contributed by atoms with Gasteiger partial charge in [-0.3, -0.25) is 4.90 Å². The fourth-order valence-corrected chi connectivity index (χ4v) is 1.64. The summed E-state index contributed by atoms with van der Waals surface area (Å²) in [6, 6.07) is 10.5. The first-order valence-electron chi connectivity index (χ1n) is 5.26. The molecular formula is C13H20N2. The molecule has 0 amide bonds. The van der Waals surface area contributed by atoms with Gasteiger partial charge >= 0.3 is 0 Å². The van der Waals surface area contributed by atoms with Crippen molar-refractivity contribution in [1.82, 2.24) is 10.2 Å². The zero-order chi connectivity index (χ0) is 11.1. The van der Waals surface area contributed by atoms with Crippen LogP contribution < -0.4 is 5.32 Å². The van der Waals surface area contributed by atoms with E-state index < -0.39 is 0 Å². The van der Waals surface area contributed by atoms with Crippen LogP contribution in [-0.2, 0) is 6.54 Å². The van der Waals surface area contributed by atoms with Crippen LogP contribution in [-0.4, -0.2) is 32.1 Å². The Morgan fingerprint density at radius 2 is 2.00 bits per heavy atom. The van der Waals surface area contributed by atoms with Crippen molar-refractivity contribution >= 4 is 0 Å². The quantitative estimate of drug-likeness (QED) is 0.712. The lowest BCUT2D eigenvalue weighted by atomic mass is 10.2. The third-order valence-corrected chi connectivity index (χ3v) is 2.22. The van der Waals surface area contributed by atoms with Crippen molar-refractivity contribution < 1.29 is 0 Å². The molecule has 0 saturated heterocycles.